The average molecular weight is 386 g/mol. The Morgan fingerprint density at radius 1 is 1.26 bits per heavy atom. The number of nitrogens with zero attached hydrogens (tertiary/aromatic N) is 3. The van der Waals surface area contributed by atoms with Gasteiger partial charge in [0.25, 0.3) is 5.56 Å². The highest BCUT2D eigenvalue weighted by Gasteiger charge is 2.37. The van der Waals surface area contributed by atoms with Gasteiger partial charge in [0.1, 0.15) is 4.83 Å². The van der Waals surface area contributed by atoms with Crippen LogP contribution < -0.4 is 16.6 Å². The number of thiophene rings is 1. The molecule has 1 fully saturated rings. The first-order chi connectivity index (χ1) is 12.8. The summed E-state index contributed by atoms with van der Waals surface area (Å²) in [5.41, 5.74) is -0.204. The zero-order chi connectivity index (χ0) is 19.9. The topological polar surface area (TPSA) is 85.6 Å². The number of carbonyl (C=O) groups is 1. The molecule has 3 rings (SSSR count). The molecule has 1 aliphatic rings. The fraction of sp³-hybridized carbons (Fsp3) is 0.562. The minimum atomic E-state index is -1.58. The van der Waals surface area contributed by atoms with E-state index in [0.29, 0.717) is 40.4 Å². The third-order valence-electron chi connectivity index (χ3n) is 4.80. The Labute approximate surface area is 162 Å². The molecule has 2 amide bonds. The molecule has 1 saturated heterocycles. The third kappa shape index (κ3) is 3.02. The van der Waals surface area contributed by atoms with Crippen molar-refractivity contribution in [2.24, 2.45) is 0 Å². The van der Waals surface area contributed by atoms with Gasteiger partial charge in [-0.15, -0.1) is 11.3 Å². The zero-order valence-electron chi connectivity index (χ0n) is 15.6. The number of amides is 2. The van der Waals surface area contributed by atoms with Crippen LogP contribution >= 0.6 is 11.3 Å². The second kappa shape index (κ2) is 7.20. The maximum absolute atomic E-state index is 12.9. The van der Waals surface area contributed by atoms with Gasteiger partial charge in [-0.3, -0.25) is 13.9 Å². The smallest absolute Gasteiger partial charge is 0.332 e. The maximum Gasteiger partial charge on any atom is 0.332 e. The number of aromatic nitrogens is 2. The summed E-state index contributed by atoms with van der Waals surface area (Å²) in [7, 11) is 14.2. The molecule has 3 heterocycles. The largest absolute Gasteiger partial charge is 0.383 e. The van der Waals surface area contributed by atoms with E-state index in [0.717, 1.165) is 0 Å². The highest BCUT2D eigenvalue weighted by Crippen LogP contribution is 2.36. The number of methoxy groups -OCH3 is 1. The summed E-state index contributed by atoms with van der Waals surface area (Å²) in [4.78, 5) is 40.0. The fourth-order valence-corrected chi connectivity index (χ4v) is 4.73. The van der Waals surface area contributed by atoms with Crippen LogP contribution in [0.1, 0.15) is 17.4 Å². The lowest BCUT2D eigenvalue weighted by Crippen LogP contribution is -2.48. The molecule has 0 bridgehead atoms. The Balaban J connectivity index is 2.30. The molecule has 11 heteroatoms. The molecular weight excluding hydrogens is 366 g/mol. The Kier molecular flexibility index (Phi) is 5.27. The van der Waals surface area contributed by atoms with E-state index in [1.807, 2.05) is 0 Å². The Hall–Kier alpha value is -2.00. The molecule has 0 aromatic carbocycles. The zero-order valence-corrected chi connectivity index (χ0v) is 16.4. The van der Waals surface area contributed by atoms with Gasteiger partial charge in [0, 0.05) is 37.0 Å². The first kappa shape index (κ1) is 19.8. The van der Waals surface area contributed by atoms with Gasteiger partial charge in [0.05, 0.1) is 34.2 Å². The Bertz CT molecular complexity index is 1010. The number of nitrogens with one attached hydrogen (secondary N) is 1. The van der Waals surface area contributed by atoms with E-state index in [2.05, 4.69) is 5.32 Å². The van der Waals surface area contributed by atoms with Crippen molar-refractivity contribution in [2.45, 2.75) is 32.3 Å². The number of hydrogen-bond acceptors (Lipinski definition) is 5. The van der Waals surface area contributed by atoms with Crippen LogP contribution in [0.4, 0.5) is 4.79 Å². The van der Waals surface area contributed by atoms with Crippen molar-refractivity contribution >= 4 is 43.3 Å². The first-order valence-corrected chi connectivity index (χ1v) is 9.46. The molecule has 4 radical (unpaired) electrons. The second-order valence-corrected chi connectivity index (χ2v) is 7.42. The minimum Gasteiger partial charge on any atom is -0.383 e. The predicted octanol–water partition coefficient (Wildman–Crippen LogP) is -0.328. The van der Waals surface area contributed by atoms with Crippen LogP contribution in [0.15, 0.2) is 9.59 Å². The number of aryl methyl sites for hydroxylation is 1. The molecule has 8 nitrogen and oxygen atoms in total. The second-order valence-electron chi connectivity index (χ2n) is 6.42. The number of carbonyl (C=O) groups excluding carboxylic acids is 1. The van der Waals surface area contributed by atoms with Gasteiger partial charge in [-0.25, -0.2) is 9.59 Å². The molecule has 2 aromatic rings. The van der Waals surface area contributed by atoms with E-state index in [4.69, 9.17) is 20.4 Å². The van der Waals surface area contributed by atoms with E-state index in [1.54, 1.807) is 21.0 Å². The Morgan fingerprint density at radius 2 is 1.96 bits per heavy atom. The van der Waals surface area contributed by atoms with Crippen LogP contribution in [0.5, 0.6) is 0 Å². The van der Waals surface area contributed by atoms with Crippen molar-refractivity contribution < 1.29 is 9.53 Å². The third-order valence-corrected chi connectivity index (χ3v) is 6.25. The molecule has 0 unspecified atom stereocenters. The van der Waals surface area contributed by atoms with Crippen molar-refractivity contribution in [3.05, 3.63) is 31.3 Å². The number of hydrogen-bond donors (Lipinski definition) is 1. The van der Waals surface area contributed by atoms with Crippen molar-refractivity contribution in [3.63, 3.8) is 0 Å². The minimum absolute atomic E-state index is 0.246. The molecule has 0 atom stereocenters. The van der Waals surface area contributed by atoms with Gasteiger partial charge in [-0.05, 0) is 19.4 Å². The fourth-order valence-electron chi connectivity index (χ4n) is 3.38. The molecule has 140 valence electrons. The van der Waals surface area contributed by atoms with Gasteiger partial charge in [0.2, 0.25) is 0 Å². The van der Waals surface area contributed by atoms with Crippen LogP contribution in [0, 0.1) is 6.92 Å². The molecule has 2 aromatic heterocycles. The summed E-state index contributed by atoms with van der Waals surface area (Å²) < 4.78 is 7.78. The molecule has 1 aliphatic heterocycles. The SMILES string of the molecule is [B]C([B])(c1sc2c(c1C)c(=O)n(CC)c(=O)n2CCOC)N1CCNC1=O. The predicted molar refractivity (Wildman–Crippen MR) is 106 cm³/mol. The summed E-state index contributed by atoms with van der Waals surface area (Å²) in [6.45, 7) is 5.13. The van der Waals surface area contributed by atoms with E-state index < -0.39 is 11.0 Å². The molecule has 0 aliphatic carbocycles. The van der Waals surface area contributed by atoms with Crippen molar-refractivity contribution in [2.75, 3.05) is 26.8 Å². The number of rotatable bonds is 6. The summed E-state index contributed by atoms with van der Waals surface area (Å²) in [5, 5.41) is 1.48. The van der Waals surface area contributed by atoms with Crippen LogP contribution in [-0.2, 0) is 23.2 Å². The quantitative estimate of drug-likeness (QED) is 0.690. The number of urea groups is 1. The summed E-state index contributed by atoms with van der Waals surface area (Å²) >= 11 is 1.17. The van der Waals surface area contributed by atoms with E-state index in [-0.39, 0.29) is 24.7 Å². The van der Waals surface area contributed by atoms with Crippen LogP contribution in [0.3, 0.4) is 0 Å². The van der Waals surface area contributed by atoms with Crippen molar-refractivity contribution in [3.8, 4) is 0 Å². The Morgan fingerprint density at radius 3 is 2.52 bits per heavy atom. The number of ether oxygens (including phenoxy) is 1. The van der Waals surface area contributed by atoms with Gasteiger partial charge >= 0.3 is 11.7 Å². The number of fused-ring (bicyclic) bond motifs is 1. The van der Waals surface area contributed by atoms with Crippen LogP contribution in [-0.4, -0.2) is 62.6 Å². The van der Waals surface area contributed by atoms with E-state index in [9.17, 15) is 14.4 Å². The summed E-state index contributed by atoms with van der Waals surface area (Å²) in [6.07, 6.45) is 0. The molecule has 27 heavy (non-hydrogen) atoms. The first-order valence-electron chi connectivity index (χ1n) is 8.65. The van der Waals surface area contributed by atoms with Crippen LogP contribution in [0.2, 0.25) is 0 Å². The lowest BCUT2D eigenvalue weighted by molar-refractivity contribution is 0.186. The monoisotopic (exact) mass is 386 g/mol. The summed E-state index contributed by atoms with van der Waals surface area (Å²) in [5.74, 6) is 0. The summed E-state index contributed by atoms with van der Waals surface area (Å²) in [6, 6.07) is -0.361. The molecule has 1 N–H and O–H groups in total. The normalized spacial score (nSPS) is 14.9. The molecule has 0 saturated carbocycles. The lowest BCUT2D eigenvalue weighted by Gasteiger charge is -2.35. The van der Waals surface area contributed by atoms with Crippen molar-refractivity contribution in [1.82, 2.24) is 19.4 Å². The standard InChI is InChI=1S/C16H20B2N4O4S/c1-4-20-12(23)10-9(2)11(16(17,18)22-6-5-19-14(22)24)27-13(10)21(15(20)25)7-8-26-3/h4-8H2,1-3H3,(H,19,24). The van der Waals surface area contributed by atoms with E-state index >= 15 is 0 Å². The maximum atomic E-state index is 12.9. The van der Waals surface area contributed by atoms with Gasteiger partial charge in [-0.2, -0.15) is 0 Å². The van der Waals surface area contributed by atoms with Crippen molar-refractivity contribution in [1.29, 1.82) is 0 Å². The average Bonchev–Trinajstić information content (AvgIpc) is 3.20. The van der Waals surface area contributed by atoms with Gasteiger partial charge in [-0.1, -0.05) is 0 Å². The highest BCUT2D eigenvalue weighted by atomic mass is 32.1. The van der Waals surface area contributed by atoms with Gasteiger partial charge < -0.3 is 15.0 Å². The van der Waals surface area contributed by atoms with E-state index in [1.165, 1.54) is 25.4 Å². The highest BCUT2D eigenvalue weighted by molar-refractivity contribution is 7.19. The van der Waals surface area contributed by atoms with Crippen LogP contribution in [0.25, 0.3) is 10.2 Å². The lowest BCUT2D eigenvalue weighted by atomic mass is 9.59. The molecule has 0 spiro atoms. The van der Waals surface area contributed by atoms with Gasteiger partial charge in [0.15, 0.2) is 0 Å². The molecular formula is C16H20B2N4O4S.